The SMILES string of the molecule is COc1ccccc1N1CCN(c2cc(N3CCOC(C)C3)nc(-c3ccc(F)cc3)n2)CC1. The van der Waals surface area contributed by atoms with Crippen LogP contribution in [0.4, 0.5) is 21.7 Å². The Bertz CT molecular complexity index is 1120. The summed E-state index contributed by atoms with van der Waals surface area (Å²) in [6.07, 6.45) is 0.144. The third-order valence-corrected chi connectivity index (χ3v) is 6.40. The van der Waals surface area contributed by atoms with E-state index in [1.54, 1.807) is 19.2 Å². The van der Waals surface area contributed by atoms with Gasteiger partial charge in [0.1, 0.15) is 23.2 Å². The zero-order valence-electron chi connectivity index (χ0n) is 19.7. The number of morpholine rings is 1. The van der Waals surface area contributed by atoms with Crippen LogP contribution in [0.1, 0.15) is 6.92 Å². The molecule has 1 unspecified atom stereocenters. The van der Waals surface area contributed by atoms with Gasteiger partial charge in [0.05, 0.1) is 25.5 Å². The van der Waals surface area contributed by atoms with E-state index in [1.165, 1.54) is 12.1 Å². The molecule has 3 aromatic rings. The van der Waals surface area contributed by atoms with Crippen LogP contribution in [0.3, 0.4) is 0 Å². The maximum Gasteiger partial charge on any atom is 0.163 e. The highest BCUT2D eigenvalue weighted by Gasteiger charge is 2.24. The molecule has 1 aromatic heterocycles. The molecular formula is C26H30FN5O2. The van der Waals surface area contributed by atoms with Crippen LogP contribution in [0.15, 0.2) is 54.6 Å². The molecule has 2 saturated heterocycles. The molecule has 178 valence electrons. The standard InChI is InChI=1S/C26H30FN5O2/c1-19-18-32(15-16-34-19)25-17-24(28-26(29-25)20-7-9-21(27)10-8-20)31-13-11-30(12-14-31)22-5-3-4-6-23(22)33-2/h3-10,17,19H,11-16,18H2,1-2H3. The van der Waals surface area contributed by atoms with E-state index < -0.39 is 0 Å². The molecule has 8 heteroatoms. The smallest absolute Gasteiger partial charge is 0.163 e. The third kappa shape index (κ3) is 4.77. The molecule has 2 aliphatic heterocycles. The lowest BCUT2D eigenvalue weighted by Crippen LogP contribution is -2.47. The van der Waals surface area contributed by atoms with Gasteiger partial charge in [-0.05, 0) is 43.3 Å². The van der Waals surface area contributed by atoms with Gasteiger partial charge in [0.15, 0.2) is 5.82 Å². The fourth-order valence-electron chi connectivity index (χ4n) is 4.57. The Hall–Kier alpha value is -3.39. The van der Waals surface area contributed by atoms with E-state index in [9.17, 15) is 4.39 Å². The fourth-order valence-corrected chi connectivity index (χ4v) is 4.57. The van der Waals surface area contributed by atoms with Crippen molar-refractivity contribution >= 4 is 17.3 Å². The molecule has 7 nitrogen and oxygen atoms in total. The molecule has 3 heterocycles. The van der Waals surface area contributed by atoms with E-state index >= 15 is 0 Å². The number of hydrogen-bond donors (Lipinski definition) is 0. The summed E-state index contributed by atoms with van der Waals surface area (Å²) in [5.41, 5.74) is 1.92. The lowest BCUT2D eigenvalue weighted by atomic mass is 10.2. The number of benzene rings is 2. The quantitative estimate of drug-likeness (QED) is 0.570. The lowest BCUT2D eigenvalue weighted by molar-refractivity contribution is 0.0529. The summed E-state index contributed by atoms with van der Waals surface area (Å²) in [6, 6.07) is 16.6. The first-order chi connectivity index (χ1) is 16.6. The van der Waals surface area contributed by atoms with Crippen LogP contribution >= 0.6 is 0 Å². The second kappa shape index (κ2) is 9.85. The number of piperazine rings is 1. The number of hydrogen-bond acceptors (Lipinski definition) is 7. The average molecular weight is 464 g/mol. The highest BCUT2D eigenvalue weighted by atomic mass is 19.1. The fraction of sp³-hybridized carbons (Fsp3) is 0.385. The number of ether oxygens (including phenoxy) is 2. The van der Waals surface area contributed by atoms with Crippen molar-refractivity contribution in [2.45, 2.75) is 13.0 Å². The first-order valence-electron chi connectivity index (χ1n) is 11.8. The summed E-state index contributed by atoms with van der Waals surface area (Å²) in [4.78, 5) is 16.6. The van der Waals surface area contributed by atoms with Gasteiger partial charge in [-0.1, -0.05) is 12.1 Å². The van der Waals surface area contributed by atoms with Gasteiger partial charge < -0.3 is 24.2 Å². The normalized spacial score (nSPS) is 18.8. The zero-order valence-corrected chi connectivity index (χ0v) is 19.7. The predicted molar refractivity (Wildman–Crippen MR) is 132 cm³/mol. The Morgan fingerprint density at radius 3 is 2.26 bits per heavy atom. The second-order valence-electron chi connectivity index (χ2n) is 8.69. The Morgan fingerprint density at radius 1 is 0.882 bits per heavy atom. The molecule has 2 aliphatic rings. The number of rotatable bonds is 5. The minimum atomic E-state index is -0.269. The molecule has 0 saturated carbocycles. The van der Waals surface area contributed by atoms with Gasteiger partial charge in [-0.15, -0.1) is 0 Å². The molecule has 0 aliphatic carbocycles. The number of methoxy groups -OCH3 is 1. The van der Waals surface area contributed by atoms with Crippen molar-refractivity contribution in [2.75, 3.05) is 67.7 Å². The molecule has 0 spiro atoms. The van der Waals surface area contributed by atoms with Gasteiger partial charge in [-0.3, -0.25) is 0 Å². The van der Waals surface area contributed by atoms with E-state index in [2.05, 4.69) is 33.8 Å². The van der Waals surface area contributed by atoms with Crippen LogP contribution < -0.4 is 19.4 Å². The topological polar surface area (TPSA) is 54.0 Å². The number of para-hydroxylation sites is 2. The van der Waals surface area contributed by atoms with Crippen molar-refractivity contribution in [2.24, 2.45) is 0 Å². The summed E-state index contributed by atoms with van der Waals surface area (Å²) in [7, 11) is 1.71. The monoisotopic (exact) mass is 463 g/mol. The van der Waals surface area contributed by atoms with Crippen molar-refractivity contribution in [3.8, 4) is 17.1 Å². The summed E-state index contributed by atoms with van der Waals surface area (Å²) in [6.45, 7) is 7.69. The Labute approximate surface area is 199 Å². The Morgan fingerprint density at radius 2 is 1.56 bits per heavy atom. The van der Waals surface area contributed by atoms with Gasteiger partial charge in [0, 0.05) is 50.9 Å². The third-order valence-electron chi connectivity index (χ3n) is 6.40. The van der Waals surface area contributed by atoms with E-state index in [1.807, 2.05) is 18.2 Å². The zero-order chi connectivity index (χ0) is 23.5. The molecule has 2 aromatic carbocycles. The van der Waals surface area contributed by atoms with Crippen LogP contribution in [0.5, 0.6) is 5.75 Å². The molecule has 0 bridgehead atoms. The molecular weight excluding hydrogens is 433 g/mol. The maximum atomic E-state index is 13.5. The van der Waals surface area contributed by atoms with Crippen LogP contribution in [0, 0.1) is 5.82 Å². The number of nitrogens with zero attached hydrogens (tertiary/aromatic N) is 5. The van der Waals surface area contributed by atoms with Crippen LogP contribution in [-0.2, 0) is 4.74 Å². The van der Waals surface area contributed by atoms with Gasteiger partial charge >= 0.3 is 0 Å². The summed E-state index contributed by atoms with van der Waals surface area (Å²) < 4.78 is 24.8. The van der Waals surface area contributed by atoms with Gasteiger partial charge in [-0.2, -0.15) is 0 Å². The molecule has 0 radical (unpaired) electrons. The van der Waals surface area contributed by atoms with Crippen LogP contribution in [0.2, 0.25) is 0 Å². The summed E-state index contributed by atoms with van der Waals surface area (Å²) >= 11 is 0. The lowest BCUT2D eigenvalue weighted by Gasteiger charge is -2.38. The van der Waals surface area contributed by atoms with Crippen molar-refractivity contribution < 1.29 is 13.9 Å². The minimum absolute atomic E-state index is 0.144. The van der Waals surface area contributed by atoms with Crippen LogP contribution in [-0.4, -0.2) is 69.1 Å². The molecule has 1 atom stereocenters. The van der Waals surface area contributed by atoms with Crippen molar-refractivity contribution in [1.82, 2.24) is 9.97 Å². The summed E-state index contributed by atoms with van der Waals surface area (Å²) in [5.74, 6) is 3.00. The number of halogens is 1. The van der Waals surface area contributed by atoms with Crippen molar-refractivity contribution in [3.63, 3.8) is 0 Å². The highest BCUT2D eigenvalue weighted by molar-refractivity contribution is 5.64. The molecule has 5 rings (SSSR count). The summed E-state index contributed by atoms with van der Waals surface area (Å²) in [5, 5.41) is 0. The predicted octanol–water partition coefficient (Wildman–Crippen LogP) is 3.84. The van der Waals surface area contributed by atoms with E-state index in [-0.39, 0.29) is 11.9 Å². The van der Waals surface area contributed by atoms with Crippen molar-refractivity contribution in [3.05, 3.63) is 60.4 Å². The highest BCUT2D eigenvalue weighted by Crippen LogP contribution is 2.30. The number of aromatic nitrogens is 2. The largest absolute Gasteiger partial charge is 0.495 e. The van der Waals surface area contributed by atoms with Crippen molar-refractivity contribution in [1.29, 1.82) is 0 Å². The van der Waals surface area contributed by atoms with Gasteiger partial charge in [0.25, 0.3) is 0 Å². The van der Waals surface area contributed by atoms with Gasteiger partial charge in [-0.25, -0.2) is 14.4 Å². The van der Waals surface area contributed by atoms with Gasteiger partial charge in [0.2, 0.25) is 0 Å². The molecule has 0 N–H and O–H groups in total. The second-order valence-corrected chi connectivity index (χ2v) is 8.69. The molecule has 34 heavy (non-hydrogen) atoms. The first kappa shape index (κ1) is 22.4. The maximum absolute atomic E-state index is 13.5. The molecule has 0 amide bonds. The first-order valence-corrected chi connectivity index (χ1v) is 11.8. The Kier molecular flexibility index (Phi) is 6.49. The van der Waals surface area contributed by atoms with E-state index in [0.29, 0.717) is 12.4 Å². The number of anilines is 3. The van der Waals surface area contributed by atoms with E-state index in [4.69, 9.17) is 19.4 Å². The average Bonchev–Trinajstić information content (AvgIpc) is 2.89. The Balaban J connectivity index is 1.42. The minimum Gasteiger partial charge on any atom is -0.495 e. The van der Waals surface area contributed by atoms with E-state index in [0.717, 1.165) is 67.9 Å². The molecule has 2 fully saturated rings. The van der Waals surface area contributed by atoms with Crippen LogP contribution in [0.25, 0.3) is 11.4 Å².